The van der Waals surface area contributed by atoms with Gasteiger partial charge in [-0.25, -0.2) is 0 Å². The van der Waals surface area contributed by atoms with Crippen molar-refractivity contribution >= 4 is 12.0 Å². The monoisotopic (exact) mass is 329 g/mol. The molecule has 1 aromatic carbocycles. The third-order valence-electron chi connectivity index (χ3n) is 3.37. The standard InChI is InChI=1S/C19H23NO4/c1-4-22-17-10-8-15(13-18(17)23-5-2)14(3)20-19(21)11-9-16-7-6-12-24-16/h6-14H,4-5H2,1-3H3,(H,20,21)/b11-9+. The van der Waals surface area contributed by atoms with Gasteiger partial charge in [-0.3, -0.25) is 4.79 Å². The largest absolute Gasteiger partial charge is 0.490 e. The summed E-state index contributed by atoms with van der Waals surface area (Å²) in [4.78, 5) is 12.0. The Morgan fingerprint density at radius 3 is 2.62 bits per heavy atom. The Balaban J connectivity index is 2.04. The first-order valence-corrected chi connectivity index (χ1v) is 8.05. The molecule has 1 unspecified atom stereocenters. The van der Waals surface area contributed by atoms with E-state index in [0.29, 0.717) is 30.5 Å². The molecule has 24 heavy (non-hydrogen) atoms. The van der Waals surface area contributed by atoms with Crippen molar-refractivity contribution in [1.82, 2.24) is 5.32 Å². The summed E-state index contributed by atoms with van der Waals surface area (Å²) in [5.41, 5.74) is 0.946. The maximum atomic E-state index is 12.0. The fourth-order valence-corrected chi connectivity index (χ4v) is 2.23. The van der Waals surface area contributed by atoms with Gasteiger partial charge < -0.3 is 19.2 Å². The van der Waals surface area contributed by atoms with E-state index >= 15 is 0 Å². The highest BCUT2D eigenvalue weighted by molar-refractivity contribution is 5.91. The minimum atomic E-state index is -0.189. The highest BCUT2D eigenvalue weighted by Crippen LogP contribution is 2.30. The number of ether oxygens (including phenoxy) is 2. The van der Waals surface area contributed by atoms with Gasteiger partial charge in [-0.15, -0.1) is 0 Å². The minimum absolute atomic E-state index is 0.159. The van der Waals surface area contributed by atoms with Crippen LogP contribution in [0.15, 0.2) is 47.1 Å². The molecule has 128 valence electrons. The lowest BCUT2D eigenvalue weighted by Gasteiger charge is -2.16. The van der Waals surface area contributed by atoms with Crippen molar-refractivity contribution < 1.29 is 18.7 Å². The zero-order chi connectivity index (χ0) is 17.4. The topological polar surface area (TPSA) is 60.7 Å². The number of carbonyl (C=O) groups is 1. The van der Waals surface area contributed by atoms with E-state index in [4.69, 9.17) is 13.9 Å². The number of rotatable bonds is 8. The number of benzene rings is 1. The molecule has 0 spiro atoms. The highest BCUT2D eigenvalue weighted by atomic mass is 16.5. The van der Waals surface area contributed by atoms with Crippen molar-refractivity contribution in [2.24, 2.45) is 0 Å². The number of nitrogens with one attached hydrogen (secondary N) is 1. The van der Waals surface area contributed by atoms with Crippen LogP contribution in [-0.2, 0) is 4.79 Å². The fraction of sp³-hybridized carbons (Fsp3) is 0.316. The zero-order valence-electron chi connectivity index (χ0n) is 14.2. The minimum Gasteiger partial charge on any atom is -0.490 e. The molecule has 1 N–H and O–H groups in total. The van der Waals surface area contributed by atoms with Crippen molar-refractivity contribution in [3.05, 3.63) is 54.0 Å². The Morgan fingerprint density at radius 2 is 1.96 bits per heavy atom. The van der Waals surface area contributed by atoms with E-state index in [1.54, 1.807) is 24.5 Å². The van der Waals surface area contributed by atoms with Crippen molar-refractivity contribution in [3.8, 4) is 11.5 Å². The van der Waals surface area contributed by atoms with E-state index in [2.05, 4.69) is 5.32 Å². The molecule has 0 aliphatic carbocycles. The molecule has 0 bridgehead atoms. The predicted molar refractivity (Wildman–Crippen MR) is 93.1 cm³/mol. The average molecular weight is 329 g/mol. The quantitative estimate of drug-likeness (QED) is 0.745. The lowest BCUT2D eigenvalue weighted by molar-refractivity contribution is -0.117. The van der Waals surface area contributed by atoms with E-state index < -0.39 is 0 Å². The molecule has 0 saturated heterocycles. The summed E-state index contributed by atoms with van der Waals surface area (Å²) in [6.45, 7) is 6.90. The molecule has 0 aliphatic rings. The molecule has 5 heteroatoms. The third-order valence-corrected chi connectivity index (χ3v) is 3.37. The smallest absolute Gasteiger partial charge is 0.244 e. The first-order valence-electron chi connectivity index (χ1n) is 8.05. The van der Waals surface area contributed by atoms with E-state index in [-0.39, 0.29) is 11.9 Å². The first kappa shape index (κ1) is 17.7. The summed E-state index contributed by atoms with van der Waals surface area (Å²) in [7, 11) is 0. The third kappa shape index (κ3) is 4.91. The van der Waals surface area contributed by atoms with Gasteiger partial charge in [0.2, 0.25) is 5.91 Å². The summed E-state index contributed by atoms with van der Waals surface area (Å²) >= 11 is 0. The summed E-state index contributed by atoms with van der Waals surface area (Å²) < 4.78 is 16.3. The SMILES string of the molecule is CCOc1ccc(C(C)NC(=O)/C=C/c2ccco2)cc1OCC. The Kier molecular flexibility index (Phi) is 6.49. The molecule has 1 amide bonds. The van der Waals surface area contributed by atoms with Gasteiger partial charge in [0, 0.05) is 6.08 Å². The summed E-state index contributed by atoms with van der Waals surface area (Å²) in [5, 5.41) is 2.92. The zero-order valence-corrected chi connectivity index (χ0v) is 14.2. The first-order chi connectivity index (χ1) is 11.6. The van der Waals surface area contributed by atoms with Crippen molar-refractivity contribution in [3.63, 3.8) is 0 Å². The normalized spacial score (nSPS) is 12.1. The Labute approximate surface area is 142 Å². The van der Waals surface area contributed by atoms with Crippen molar-refractivity contribution in [1.29, 1.82) is 0 Å². The van der Waals surface area contributed by atoms with Crippen LogP contribution in [0, 0.1) is 0 Å². The van der Waals surface area contributed by atoms with Crippen LogP contribution in [0.4, 0.5) is 0 Å². The maximum absolute atomic E-state index is 12.0. The van der Waals surface area contributed by atoms with Crippen LogP contribution in [0.25, 0.3) is 6.08 Å². The average Bonchev–Trinajstić information content (AvgIpc) is 3.08. The summed E-state index contributed by atoms with van der Waals surface area (Å²) in [6, 6.07) is 9.09. The molecular weight excluding hydrogens is 306 g/mol. The molecule has 0 saturated carbocycles. The fourth-order valence-electron chi connectivity index (χ4n) is 2.23. The molecule has 1 atom stereocenters. The molecule has 0 aliphatic heterocycles. The number of furan rings is 1. The number of hydrogen-bond donors (Lipinski definition) is 1. The van der Waals surface area contributed by atoms with Crippen LogP contribution in [0.3, 0.4) is 0 Å². The second-order valence-corrected chi connectivity index (χ2v) is 5.15. The van der Waals surface area contributed by atoms with Gasteiger partial charge in [-0.05, 0) is 56.7 Å². The number of carbonyl (C=O) groups excluding carboxylic acids is 1. The maximum Gasteiger partial charge on any atom is 0.244 e. The van der Waals surface area contributed by atoms with E-state index in [1.165, 1.54) is 6.08 Å². The van der Waals surface area contributed by atoms with E-state index in [9.17, 15) is 4.79 Å². The Morgan fingerprint density at radius 1 is 1.21 bits per heavy atom. The van der Waals surface area contributed by atoms with Gasteiger partial charge in [-0.1, -0.05) is 6.07 Å². The number of hydrogen-bond acceptors (Lipinski definition) is 4. The van der Waals surface area contributed by atoms with Crippen LogP contribution in [0.1, 0.15) is 38.1 Å². The van der Waals surface area contributed by atoms with Gasteiger partial charge >= 0.3 is 0 Å². The molecule has 2 rings (SSSR count). The predicted octanol–water partition coefficient (Wildman–Crippen LogP) is 3.97. The lowest BCUT2D eigenvalue weighted by atomic mass is 10.1. The Hall–Kier alpha value is -2.69. The molecule has 2 aromatic rings. The van der Waals surface area contributed by atoms with Gasteiger partial charge in [0.05, 0.1) is 25.5 Å². The molecule has 1 aromatic heterocycles. The van der Waals surface area contributed by atoms with E-state index in [1.807, 2.05) is 39.0 Å². The molecule has 0 radical (unpaired) electrons. The van der Waals surface area contributed by atoms with Crippen LogP contribution >= 0.6 is 0 Å². The van der Waals surface area contributed by atoms with Gasteiger partial charge in [0.15, 0.2) is 11.5 Å². The molecule has 5 nitrogen and oxygen atoms in total. The van der Waals surface area contributed by atoms with E-state index in [0.717, 1.165) is 5.56 Å². The second kappa shape index (κ2) is 8.82. The van der Waals surface area contributed by atoms with Gasteiger partial charge in [0.25, 0.3) is 0 Å². The Bertz CT molecular complexity index is 677. The van der Waals surface area contributed by atoms with Crippen LogP contribution < -0.4 is 14.8 Å². The highest BCUT2D eigenvalue weighted by Gasteiger charge is 2.12. The molecular formula is C19H23NO4. The van der Waals surface area contributed by atoms with Gasteiger partial charge in [-0.2, -0.15) is 0 Å². The summed E-state index contributed by atoms with van der Waals surface area (Å²) in [6.07, 6.45) is 4.65. The molecule has 1 heterocycles. The van der Waals surface area contributed by atoms with Crippen LogP contribution in [0.2, 0.25) is 0 Å². The number of amides is 1. The van der Waals surface area contributed by atoms with Gasteiger partial charge in [0.1, 0.15) is 5.76 Å². The van der Waals surface area contributed by atoms with Crippen LogP contribution in [0.5, 0.6) is 11.5 Å². The van der Waals surface area contributed by atoms with Crippen molar-refractivity contribution in [2.45, 2.75) is 26.8 Å². The van der Waals surface area contributed by atoms with Crippen LogP contribution in [-0.4, -0.2) is 19.1 Å². The lowest BCUT2D eigenvalue weighted by Crippen LogP contribution is -2.24. The summed E-state index contributed by atoms with van der Waals surface area (Å²) in [5.74, 6) is 1.84. The molecule has 0 fully saturated rings. The van der Waals surface area contributed by atoms with Crippen molar-refractivity contribution in [2.75, 3.05) is 13.2 Å². The second-order valence-electron chi connectivity index (χ2n) is 5.15.